The largest absolute Gasteiger partial charge is 0.488 e. The number of aliphatic carboxylic acids is 1. The third kappa shape index (κ3) is 7.26. The fourth-order valence-corrected chi connectivity index (χ4v) is 12.9. The van der Waals surface area contributed by atoms with E-state index in [1.165, 1.54) is 72.3 Å². The average Bonchev–Trinajstić information content (AvgIpc) is 3.44. The van der Waals surface area contributed by atoms with Gasteiger partial charge in [0.05, 0.1) is 25.2 Å². The Morgan fingerprint density at radius 1 is 0.652 bits per heavy atom. The van der Waals surface area contributed by atoms with Gasteiger partial charge in [0.1, 0.15) is 4.88 Å². The number of thiophene rings is 1. The van der Waals surface area contributed by atoms with Crippen molar-refractivity contribution in [2.75, 3.05) is 26.4 Å². The van der Waals surface area contributed by atoms with Crippen LogP contribution in [0.4, 0.5) is 0 Å². The van der Waals surface area contributed by atoms with Gasteiger partial charge < -0.3 is 19.3 Å². The molecule has 66 heavy (non-hydrogen) atoms. The first-order valence-electron chi connectivity index (χ1n) is 24.1. The number of carboxylic acid groups (broad SMARTS) is 1. The number of hydrogen-bond acceptors (Lipinski definition) is 5. The van der Waals surface area contributed by atoms with Gasteiger partial charge in [0.25, 0.3) is 0 Å². The van der Waals surface area contributed by atoms with E-state index in [0.29, 0.717) is 26.4 Å². The molecular weight excluding hydrogens is 833 g/mol. The maximum absolute atomic E-state index is 10.8. The van der Waals surface area contributed by atoms with Gasteiger partial charge >= 0.3 is 5.97 Å². The van der Waals surface area contributed by atoms with E-state index < -0.39 is 5.97 Å². The molecule has 3 unspecified atom stereocenters. The van der Waals surface area contributed by atoms with E-state index in [2.05, 4.69) is 135 Å². The topological polar surface area (TPSA) is 65.0 Å². The van der Waals surface area contributed by atoms with Gasteiger partial charge in [-0.05, 0) is 106 Å². The lowest BCUT2D eigenvalue weighted by Gasteiger charge is -2.46. The number of ether oxygens (including phenoxy) is 3. The van der Waals surface area contributed by atoms with E-state index in [9.17, 15) is 4.79 Å². The standard InChI is InChI=1S/C60H56O5S/c1-4-20-46-55-51-39-22-12-11-21-38(39)33-48(40-23-13-14-24-41(40)51)54(55)47(57-53-44-27-17-15-25-42(44)52(56(46)57)43-26-16-18-28-45(43)53)30-31-49-59-58(37(2)66-49)64-35-60(3,36-65-59)34-63-32-19-9-7-5-6-8-10-29-50(61)62/h11-18,21-28,48,51-53H,5-10,19,29,32-36H2,1-3H3,(H,61,62). The van der Waals surface area contributed by atoms with Gasteiger partial charge in [-0.3, -0.25) is 4.79 Å². The highest BCUT2D eigenvalue weighted by Gasteiger charge is 2.49. The summed E-state index contributed by atoms with van der Waals surface area (Å²) in [4.78, 5) is 12.7. The molecule has 5 nitrogen and oxygen atoms in total. The van der Waals surface area contributed by atoms with Crippen LogP contribution in [0.2, 0.25) is 0 Å². The van der Waals surface area contributed by atoms with Gasteiger partial charge in [0.15, 0.2) is 11.5 Å². The lowest BCUT2D eigenvalue weighted by Crippen LogP contribution is -2.35. The van der Waals surface area contributed by atoms with Crippen LogP contribution in [-0.2, 0) is 16.0 Å². The molecule has 0 radical (unpaired) electrons. The molecular formula is C60H56O5S. The average molecular weight is 889 g/mol. The Balaban J connectivity index is 0.973. The van der Waals surface area contributed by atoms with Gasteiger partial charge in [-0.1, -0.05) is 148 Å². The SMILES string of the molecule is CC#Cc1c2c(c(C#Cc3sc(C)c4c3OCC(C)(COCCCCCCCCCC(=O)O)CO4)c3c1C1c4ccccc4C3c3ccccc31)C1Cc3ccccc3C2c2ccccc21. The Labute approximate surface area is 393 Å². The van der Waals surface area contributed by atoms with Crippen molar-refractivity contribution in [2.24, 2.45) is 5.41 Å². The Morgan fingerprint density at radius 2 is 1.15 bits per heavy atom. The molecule has 5 aromatic carbocycles. The predicted molar refractivity (Wildman–Crippen MR) is 263 cm³/mol. The minimum absolute atomic E-state index is 0.0294. The Hall–Kier alpha value is -6.05. The van der Waals surface area contributed by atoms with Crippen LogP contribution in [0, 0.1) is 36.0 Å². The minimum atomic E-state index is -0.701. The number of unbranched alkanes of at least 4 members (excludes halogenated alkanes) is 6. The van der Waals surface area contributed by atoms with Crippen molar-refractivity contribution in [1.29, 1.82) is 0 Å². The van der Waals surface area contributed by atoms with Crippen molar-refractivity contribution in [3.8, 4) is 35.2 Å². The molecule has 13 rings (SSSR count). The van der Waals surface area contributed by atoms with Crippen molar-refractivity contribution in [3.05, 3.63) is 185 Å². The highest BCUT2D eigenvalue weighted by molar-refractivity contribution is 7.13. The van der Waals surface area contributed by atoms with Crippen molar-refractivity contribution in [1.82, 2.24) is 0 Å². The zero-order valence-electron chi connectivity index (χ0n) is 38.2. The van der Waals surface area contributed by atoms with Crippen LogP contribution in [0.3, 0.4) is 0 Å². The zero-order chi connectivity index (χ0) is 44.9. The smallest absolute Gasteiger partial charge is 0.303 e. The second kappa shape index (κ2) is 17.6. The normalized spacial score (nSPS) is 20.7. The summed E-state index contributed by atoms with van der Waals surface area (Å²) < 4.78 is 19.7. The first kappa shape index (κ1) is 42.6. The number of rotatable bonds is 12. The molecule has 0 fully saturated rings. The molecule has 4 bridgehead atoms. The predicted octanol–water partition coefficient (Wildman–Crippen LogP) is 13.0. The van der Waals surface area contributed by atoms with E-state index in [4.69, 9.17) is 19.3 Å². The second-order valence-electron chi connectivity index (χ2n) is 19.4. The molecule has 1 aliphatic heterocycles. The molecule has 2 heterocycles. The first-order valence-corrected chi connectivity index (χ1v) is 24.9. The van der Waals surface area contributed by atoms with Crippen LogP contribution in [0.15, 0.2) is 97.1 Å². The van der Waals surface area contributed by atoms with Gasteiger partial charge in [0, 0.05) is 52.7 Å². The van der Waals surface area contributed by atoms with Crippen LogP contribution in [-0.4, -0.2) is 37.5 Å². The number of benzene rings is 5. The van der Waals surface area contributed by atoms with Crippen molar-refractivity contribution >= 4 is 17.3 Å². The van der Waals surface area contributed by atoms with Gasteiger partial charge in [-0.15, -0.1) is 17.3 Å². The van der Waals surface area contributed by atoms with Crippen LogP contribution < -0.4 is 9.47 Å². The van der Waals surface area contributed by atoms with E-state index in [0.717, 1.165) is 78.2 Å². The number of hydrogen-bond donors (Lipinski definition) is 1. The number of carbonyl (C=O) groups is 1. The Morgan fingerprint density at radius 3 is 1.77 bits per heavy atom. The van der Waals surface area contributed by atoms with Crippen molar-refractivity contribution in [2.45, 2.75) is 102 Å². The van der Waals surface area contributed by atoms with Gasteiger partial charge in [0.2, 0.25) is 0 Å². The minimum Gasteiger partial charge on any atom is -0.488 e. The molecule has 0 amide bonds. The molecule has 3 atom stereocenters. The highest BCUT2D eigenvalue weighted by atomic mass is 32.1. The first-order chi connectivity index (χ1) is 32.3. The van der Waals surface area contributed by atoms with Crippen LogP contribution in [0.25, 0.3) is 0 Å². The van der Waals surface area contributed by atoms with Crippen LogP contribution >= 0.6 is 11.3 Å². The summed E-state index contributed by atoms with van der Waals surface area (Å²) >= 11 is 1.67. The van der Waals surface area contributed by atoms with Crippen LogP contribution in [0.1, 0.15) is 177 Å². The molecule has 0 saturated heterocycles. The van der Waals surface area contributed by atoms with E-state index in [-0.39, 0.29) is 35.5 Å². The fourth-order valence-electron chi connectivity index (χ4n) is 12.0. The lowest BCUT2D eigenvalue weighted by molar-refractivity contribution is -0.137. The molecule has 1 aromatic heterocycles. The number of carboxylic acids is 1. The summed E-state index contributed by atoms with van der Waals surface area (Å²) in [6, 6.07) is 36.5. The molecule has 6 heteroatoms. The van der Waals surface area contributed by atoms with Crippen LogP contribution in [0.5, 0.6) is 11.5 Å². The van der Waals surface area contributed by atoms with E-state index >= 15 is 0 Å². The molecule has 1 N–H and O–H groups in total. The maximum Gasteiger partial charge on any atom is 0.303 e. The summed E-state index contributed by atoms with van der Waals surface area (Å²) in [6.45, 7) is 8.55. The monoisotopic (exact) mass is 888 g/mol. The maximum atomic E-state index is 10.8. The molecule has 332 valence electrons. The Bertz CT molecular complexity index is 2960. The zero-order valence-corrected chi connectivity index (χ0v) is 39.0. The van der Waals surface area contributed by atoms with Gasteiger partial charge in [-0.25, -0.2) is 0 Å². The molecule has 6 aromatic rings. The lowest BCUT2D eigenvalue weighted by atomic mass is 9.56. The molecule has 6 aliphatic carbocycles. The number of aryl methyl sites for hydroxylation is 1. The van der Waals surface area contributed by atoms with Crippen molar-refractivity contribution < 1.29 is 24.1 Å². The molecule has 0 spiro atoms. The van der Waals surface area contributed by atoms with E-state index in [1.807, 2.05) is 6.92 Å². The van der Waals surface area contributed by atoms with Gasteiger partial charge in [-0.2, -0.15) is 0 Å². The van der Waals surface area contributed by atoms with Crippen molar-refractivity contribution in [3.63, 3.8) is 0 Å². The summed E-state index contributed by atoms with van der Waals surface area (Å²) in [5.41, 5.74) is 18.5. The quantitative estimate of drug-likeness (QED) is 0.0978. The third-order valence-corrected chi connectivity index (χ3v) is 15.9. The summed E-state index contributed by atoms with van der Waals surface area (Å²) in [7, 11) is 0. The van der Waals surface area contributed by atoms with E-state index in [1.54, 1.807) is 11.3 Å². The summed E-state index contributed by atoms with van der Waals surface area (Å²) in [5, 5.41) is 8.86. The second-order valence-corrected chi connectivity index (χ2v) is 20.6. The Kier molecular flexibility index (Phi) is 11.4. The number of fused-ring (bicyclic) bond motifs is 1. The summed E-state index contributed by atoms with van der Waals surface area (Å²) in [6.07, 6.45) is 8.44. The molecule has 7 aliphatic rings. The fraction of sp³-hybridized carbons (Fsp3) is 0.350. The molecule has 0 saturated carbocycles. The summed E-state index contributed by atoms with van der Waals surface area (Å²) in [5.74, 6) is 16.2. The highest BCUT2D eigenvalue weighted by Crippen LogP contribution is 2.62. The third-order valence-electron chi connectivity index (χ3n) is 14.9.